The second-order valence-electron chi connectivity index (χ2n) is 5.01. The maximum Gasteiger partial charge on any atom is 0.197 e. The van der Waals surface area contributed by atoms with E-state index in [1.807, 2.05) is 73.1 Å². The summed E-state index contributed by atoms with van der Waals surface area (Å²) < 4.78 is 2.03. The number of para-hydroxylation sites is 2. The molecule has 0 N–H and O–H groups in total. The van der Waals surface area contributed by atoms with Gasteiger partial charge < -0.3 is 4.57 Å². The number of allylic oxidation sites excluding steroid dienone is 1. The van der Waals surface area contributed by atoms with E-state index in [2.05, 4.69) is 5.73 Å². The minimum atomic E-state index is 0.0815. The van der Waals surface area contributed by atoms with Crippen LogP contribution in [0.4, 0.5) is 0 Å². The van der Waals surface area contributed by atoms with E-state index >= 15 is 0 Å². The number of aromatic nitrogens is 1. The lowest BCUT2D eigenvalue weighted by atomic mass is 10.1. The van der Waals surface area contributed by atoms with Gasteiger partial charge in [0.05, 0.1) is 17.2 Å². The maximum absolute atomic E-state index is 12.5. The molecule has 0 unspecified atom stereocenters. The van der Waals surface area contributed by atoms with E-state index in [-0.39, 0.29) is 5.43 Å². The zero-order chi connectivity index (χ0) is 14.1. The smallest absolute Gasteiger partial charge is 0.197 e. The van der Waals surface area contributed by atoms with Crippen molar-refractivity contribution in [2.45, 2.75) is 13.8 Å². The van der Waals surface area contributed by atoms with Crippen molar-refractivity contribution in [3.05, 3.63) is 70.1 Å². The highest BCUT2D eigenvalue weighted by molar-refractivity contribution is 5.95. The third-order valence-electron chi connectivity index (χ3n) is 3.30. The highest BCUT2D eigenvalue weighted by Crippen LogP contribution is 2.19. The van der Waals surface area contributed by atoms with E-state index in [1.54, 1.807) is 0 Å². The minimum Gasteiger partial charge on any atom is -0.309 e. The first kappa shape index (κ1) is 12.5. The summed E-state index contributed by atoms with van der Waals surface area (Å²) in [5, 5.41) is 1.47. The number of hydrogen-bond acceptors (Lipinski definition) is 1. The molecule has 1 heterocycles. The minimum absolute atomic E-state index is 0.0815. The standard InChI is InChI=1S/C18H15NO/c1-13(2)11-12-19-16-9-5-3-7-14(16)18(20)15-8-4-6-10-17(15)19/h3-10,12H,1-2H3. The monoisotopic (exact) mass is 261 g/mol. The van der Waals surface area contributed by atoms with Crippen LogP contribution < -0.4 is 5.43 Å². The van der Waals surface area contributed by atoms with Crippen molar-refractivity contribution in [1.82, 2.24) is 4.57 Å². The Kier molecular flexibility index (Phi) is 3.02. The first-order valence-electron chi connectivity index (χ1n) is 6.60. The van der Waals surface area contributed by atoms with E-state index in [9.17, 15) is 4.79 Å². The van der Waals surface area contributed by atoms with Gasteiger partial charge in [0.1, 0.15) is 0 Å². The van der Waals surface area contributed by atoms with Gasteiger partial charge in [0.2, 0.25) is 0 Å². The summed E-state index contributed by atoms with van der Waals surface area (Å²) in [5.41, 5.74) is 6.21. The van der Waals surface area contributed by atoms with Crippen LogP contribution in [0.3, 0.4) is 0 Å². The molecule has 0 bridgehead atoms. The molecule has 2 heteroatoms. The Hall–Kier alpha value is -2.57. The summed E-state index contributed by atoms with van der Waals surface area (Å²) in [6, 6.07) is 15.4. The Morgan fingerprint density at radius 2 is 1.45 bits per heavy atom. The van der Waals surface area contributed by atoms with Crippen molar-refractivity contribution in [2.75, 3.05) is 0 Å². The third kappa shape index (κ3) is 1.97. The van der Waals surface area contributed by atoms with Gasteiger partial charge in [-0.2, -0.15) is 0 Å². The quantitative estimate of drug-likeness (QED) is 0.475. The molecular formula is C18H15NO. The van der Waals surface area contributed by atoms with Gasteiger partial charge in [-0.1, -0.05) is 24.3 Å². The van der Waals surface area contributed by atoms with E-state index in [0.717, 1.165) is 27.4 Å². The lowest BCUT2D eigenvalue weighted by Crippen LogP contribution is -2.07. The largest absolute Gasteiger partial charge is 0.309 e. The average Bonchev–Trinajstić information content (AvgIpc) is 2.47. The van der Waals surface area contributed by atoms with Crippen molar-refractivity contribution in [3.8, 4) is 0 Å². The number of pyridine rings is 1. The molecule has 0 saturated carbocycles. The fraction of sp³-hybridized carbons (Fsp3) is 0.111. The van der Waals surface area contributed by atoms with E-state index < -0.39 is 0 Å². The molecule has 0 aliphatic carbocycles. The van der Waals surface area contributed by atoms with E-state index in [4.69, 9.17) is 0 Å². The lowest BCUT2D eigenvalue weighted by molar-refractivity contribution is 1.26. The summed E-state index contributed by atoms with van der Waals surface area (Å²) >= 11 is 0. The van der Waals surface area contributed by atoms with Crippen LogP contribution in [0.2, 0.25) is 0 Å². The number of benzene rings is 2. The first-order chi connectivity index (χ1) is 9.68. The van der Waals surface area contributed by atoms with Crippen LogP contribution in [0.5, 0.6) is 0 Å². The number of fused-ring (bicyclic) bond motifs is 2. The molecule has 0 fully saturated rings. The van der Waals surface area contributed by atoms with Gasteiger partial charge in [0, 0.05) is 10.8 Å². The summed E-state index contributed by atoms with van der Waals surface area (Å²) in [6.45, 7) is 4.01. The molecule has 3 aromatic rings. The highest BCUT2D eigenvalue weighted by atomic mass is 16.1. The summed E-state index contributed by atoms with van der Waals surface area (Å²) in [6.07, 6.45) is 1.90. The third-order valence-corrected chi connectivity index (χ3v) is 3.30. The average molecular weight is 261 g/mol. The zero-order valence-corrected chi connectivity index (χ0v) is 11.6. The Labute approximate surface area is 117 Å². The van der Waals surface area contributed by atoms with Crippen LogP contribution in [0, 0.1) is 0 Å². The van der Waals surface area contributed by atoms with Crippen LogP contribution in [0.1, 0.15) is 13.8 Å². The van der Waals surface area contributed by atoms with Crippen molar-refractivity contribution >= 4 is 28.0 Å². The van der Waals surface area contributed by atoms with Gasteiger partial charge in [0.15, 0.2) is 5.43 Å². The zero-order valence-electron chi connectivity index (χ0n) is 11.6. The second kappa shape index (κ2) is 4.84. The molecule has 1 aromatic heterocycles. The van der Waals surface area contributed by atoms with Crippen LogP contribution in [-0.2, 0) is 0 Å². The molecule has 2 aromatic carbocycles. The topological polar surface area (TPSA) is 22.0 Å². The fourth-order valence-corrected chi connectivity index (χ4v) is 2.36. The molecule has 0 spiro atoms. The summed E-state index contributed by atoms with van der Waals surface area (Å²) in [7, 11) is 0. The predicted octanol–water partition coefficient (Wildman–Crippen LogP) is 4.19. The molecule has 0 saturated heterocycles. The molecular weight excluding hydrogens is 246 g/mol. The Balaban J connectivity index is 2.60. The van der Waals surface area contributed by atoms with Crippen molar-refractivity contribution in [2.24, 2.45) is 0 Å². The molecule has 98 valence electrons. The van der Waals surface area contributed by atoms with Gasteiger partial charge in [-0.3, -0.25) is 4.79 Å². The Morgan fingerprint density at radius 1 is 0.950 bits per heavy atom. The van der Waals surface area contributed by atoms with Gasteiger partial charge >= 0.3 is 0 Å². The second-order valence-corrected chi connectivity index (χ2v) is 5.01. The Bertz CT molecular complexity index is 861. The molecule has 0 aliphatic rings. The molecule has 0 aliphatic heterocycles. The fourth-order valence-electron chi connectivity index (χ4n) is 2.36. The van der Waals surface area contributed by atoms with Gasteiger partial charge in [0.25, 0.3) is 0 Å². The number of rotatable bonds is 1. The van der Waals surface area contributed by atoms with E-state index in [1.165, 1.54) is 0 Å². The van der Waals surface area contributed by atoms with Crippen molar-refractivity contribution in [1.29, 1.82) is 0 Å². The van der Waals surface area contributed by atoms with Crippen molar-refractivity contribution in [3.63, 3.8) is 0 Å². The van der Waals surface area contributed by atoms with Crippen LogP contribution in [0.25, 0.3) is 28.0 Å². The molecule has 0 radical (unpaired) electrons. The van der Waals surface area contributed by atoms with Gasteiger partial charge in [-0.15, -0.1) is 5.73 Å². The first-order valence-corrected chi connectivity index (χ1v) is 6.60. The van der Waals surface area contributed by atoms with Crippen molar-refractivity contribution < 1.29 is 0 Å². The van der Waals surface area contributed by atoms with Crippen LogP contribution >= 0.6 is 0 Å². The molecule has 0 atom stereocenters. The summed E-state index contributed by atoms with van der Waals surface area (Å²) in [5.74, 6) is 0. The molecule has 3 rings (SSSR count). The van der Waals surface area contributed by atoms with Crippen LogP contribution in [0.15, 0.2) is 64.6 Å². The molecule has 20 heavy (non-hydrogen) atoms. The lowest BCUT2D eigenvalue weighted by Gasteiger charge is -2.10. The van der Waals surface area contributed by atoms with Gasteiger partial charge in [-0.05, 0) is 43.7 Å². The molecule has 0 amide bonds. The van der Waals surface area contributed by atoms with Crippen LogP contribution in [-0.4, -0.2) is 4.57 Å². The van der Waals surface area contributed by atoms with Gasteiger partial charge in [-0.25, -0.2) is 0 Å². The normalized spacial score (nSPS) is 10.5. The SMILES string of the molecule is CC(C)=C=Cn1c2ccccc2c(=O)c2ccccc21. The van der Waals surface area contributed by atoms with E-state index in [0.29, 0.717) is 0 Å². The Morgan fingerprint density at radius 3 is 1.95 bits per heavy atom. The maximum atomic E-state index is 12.5. The highest BCUT2D eigenvalue weighted by Gasteiger charge is 2.07. The number of hydrogen-bond donors (Lipinski definition) is 0. The molecule has 2 nitrogen and oxygen atoms in total. The number of nitrogens with zero attached hydrogens (tertiary/aromatic N) is 1. The summed E-state index contributed by atoms with van der Waals surface area (Å²) in [4.78, 5) is 12.5. The predicted molar refractivity (Wildman–Crippen MR) is 84.8 cm³/mol.